The largest absolute Gasteiger partial charge is 0.384 e. The molecule has 0 aliphatic heterocycles. The third-order valence-corrected chi connectivity index (χ3v) is 6.25. The van der Waals surface area contributed by atoms with Gasteiger partial charge in [-0.2, -0.15) is 0 Å². The van der Waals surface area contributed by atoms with Crippen LogP contribution in [0.15, 0.2) is 51.8 Å². The van der Waals surface area contributed by atoms with E-state index in [2.05, 4.69) is 33.4 Å². The molecule has 0 bridgehead atoms. The van der Waals surface area contributed by atoms with E-state index >= 15 is 0 Å². The minimum atomic E-state index is -4.03. The first kappa shape index (κ1) is 18.8. The van der Waals surface area contributed by atoms with Gasteiger partial charge in [-0.15, -0.1) is 0 Å². The van der Waals surface area contributed by atoms with Gasteiger partial charge in [-0.1, -0.05) is 34.5 Å². The molecule has 1 fully saturated rings. The fourth-order valence-corrected chi connectivity index (χ4v) is 4.04. The molecule has 26 heavy (non-hydrogen) atoms. The molecule has 3 rings (SSSR count). The maximum absolute atomic E-state index is 11.6. The second-order valence-corrected chi connectivity index (χ2v) is 8.99. The minimum absolute atomic E-state index is 0.0624. The Bertz CT molecular complexity index is 941. The molecule has 3 N–H and O–H groups in total. The van der Waals surface area contributed by atoms with E-state index in [9.17, 15) is 18.5 Å². The van der Waals surface area contributed by atoms with Crippen molar-refractivity contribution in [3.8, 4) is 0 Å². The van der Waals surface area contributed by atoms with Gasteiger partial charge in [-0.3, -0.25) is 10.1 Å². The van der Waals surface area contributed by atoms with E-state index in [1.807, 2.05) is 12.1 Å². The van der Waals surface area contributed by atoms with Crippen molar-refractivity contribution < 1.29 is 13.3 Å². The summed E-state index contributed by atoms with van der Waals surface area (Å²) in [5.41, 5.74) is 1.18. The normalized spacial score (nSPS) is 15.9. The van der Waals surface area contributed by atoms with Crippen molar-refractivity contribution in [2.75, 3.05) is 11.9 Å². The summed E-state index contributed by atoms with van der Waals surface area (Å²) in [7, 11) is -4.03. The average Bonchev–Trinajstić information content (AvgIpc) is 2.54. The van der Waals surface area contributed by atoms with Crippen LogP contribution in [0.5, 0.6) is 0 Å². The molecule has 2 aromatic carbocycles. The van der Waals surface area contributed by atoms with Crippen LogP contribution in [0.1, 0.15) is 24.8 Å². The van der Waals surface area contributed by atoms with Crippen molar-refractivity contribution in [2.24, 2.45) is 5.14 Å². The number of nitrogens with two attached hydrogens (primary N) is 1. The number of nitro groups is 1. The Morgan fingerprint density at radius 3 is 2.35 bits per heavy atom. The van der Waals surface area contributed by atoms with Crippen LogP contribution in [0, 0.1) is 10.1 Å². The van der Waals surface area contributed by atoms with Crippen LogP contribution in [0.3, 0.4) is 0 Å². The summed E-state index contributed by atoms with van der Waals surface area (Å²) in [6, 6.07) is 11.7. The Balaban J connectivity index is 1.87. The Morgan fingerprint density at radius 1 is 1.19 bits per heavy atom. The molecule has 0 spiro atoms. The summed E-state index contributed by atoms with van der Waals surface area (Å²) in [4.78, 5) is 10.2. The number of rotatable bonds is 6. The molecular formula is C17H18BrN3O4S. The fourth-order valence-electron chi connectivity index (χ4n) is 3.20. The van der Waals surface area contributed by atoms with Crippen molar-refractivity contribution in [2.45, 2.75) is 29.6 Å². The minimum Gasteiger partial charge on any atom is -0.384 e. The highest BCUT2D eigenvalue weighted by Gasteiger charge is 2.38. The van der Waals surface area contributed by atoms with Crippen LogP contribution in [0.2, 0.25) is 0 Å². The van der Waals surface area contributed by atoms with Crippen molar-refractivity contribution in [3.05, 3.63) is 62.6 Å². The van der Waals surface area contributed by atoms with Crippen molar-refractivity contribution >= 4 is 37.3 Å². The molecule has 138 valence electrons. The second kappa shape index (κ2) is 6.98. The lowest BCUT2D eigenvalue weighted by atomic mass is 9.64. The molecule has 0 unspecified atom stereocenters. The number of primary sulfonamides is 1. The first-order valence-electron chi connectivity index (χ1n) is 8.02. The molecule has 0 saturated heterocycles. The smallest absolute Gasteiger partial charge is 0.272 e. The lowest BCUT2D eigenvalue weighted by Gasteiger charge is -2.43. The Hall–Kier alpha value is -1.97. The third-order valence-electron chi connectivity index (χ3n) is 4.83. The molecule has 1 aliphatic rings. The molecule has 2 aromatic rings. The number of sulfonamides is 1. The van der Waals surface area contributed by atoms with Gasteiger partial charge < -0.3 is 5.32 Å². The summed E-state index contributed by atoms with van der Waals surface area (Å²) in [6.07, 6.45) is 3.10. The van der Waals surface area contributed by atoms with E-state index in [0.717, 1.165) is 29.8 Å². The monoisotopic (exact) mass is 439 g/mol. The highest BCUT2D eigenvalue weighted by atomic mass is 79.9. The number of hydrogen-bond donors (Lipinski definition) is 2. The summed E-state index contributed by atoms with van der Waals surface area (Å²) >= 11 is 3.43. The van der Waals surface area contributed by atoms with Gasteiger partial charge in [-0.25, -0.2) is 13.6 Å². The first-order valence-corrected chi connectivity index (χ1v) is 10.4. The summed E-state index contributed by atoms with van der Waals surface area (Å²) in [6.45, 7) is 0.555. The zero-order chi connectivity index (χ0) is 18.9. The highest BCUT2D eigenvalue weighted by Crippen LogP contribution is 2.44. The number of halogens is 1. The number of nitro benzene ring substituents is 1. The van der Waals surface area contributed by atoms with Crippen molar-refractivity contribution in [1.82, 2.24) is 0 Å². The van der Waals surface area contributed by atoms with E-state index in [-0.39, 0.29) is 16.0 Å². The molecular weight excluding hydrogens is 422 g/mol. The Morgan fingerprint density at radius 2 is 1.85 bits per heavy atom. The summed E-state index contributed by atoms with van der Waals surface area (Å²) in [5.74, 6) is 0. The number of anilines is 1. The molecule has 7 nitrogen and oxygen atoms in total. The van der Waals surface area contributed by atoms with Gasteiger partial charge in [0.25, 0.3) is 5.69 Å². The van der Waals surface area contributed by atoms with Crippen LogP contribution in [0.25, 0.3) is 0 Å². The van der Waals surface area contributed by atoms with E-state index in [1.165, 1.54) is 17.7 Å². The van der Waals surface area contributed by atoms with E-state index in [1.54, 1.807) is 0 Å². The lowest BCUT2D eigenvalue weighted by molar-refractivity contribution is -0.385. The Labute approximate surface area is 159 Å². The zero-order valence-electron chi connectivity index (χ0n) is 13.8. The standard InChI is InChI=1S/C17H18BrN3O4S/c18-13-4-2-12(3-5-13)17(6-1-7-17)11-20-14-8-15(21(22)23)10-16(9-14)26(19,24)25/h2-5,8-10,20H,1,6-7,11H2,(H2,19,24,25). The predicted octanol–water partition coefficient (Wildman–Crippen LogP) is 3.54. The van der Waals surface area contributed by atoms with Crippen molar-refractivity contribution in [3.63, 3.8) is 0 Å². The average molecular weight is 440 g/mol. The molecule has 9 heteroatoms. The van der Waals surface area contributed by atoms with Crippen LogP contribution < -0.4 is 10.5 Å². The van der Waals surface area contributed by atoms with Crippen LogP contribution in [0.4, 0.5) is 11.4 Å². The molecule has 1 aliphatic carbocycles. The zero-order valence-corrected chi connectivity index (χ0v) is 16.2. The van der Waals surface area contributed by atoms with E-state index < -0.39 is 14.9 Å². The maximum Gasteiger partial charge on any atom is 0.272 e. The number of hydrogen-bond acceptors (Lipinski definition) is 5. The number of benzene rings is 2. The Kier molecular flexibility index (Phi) is 5.05. The highest BCUT2D eigenvalue weighted by molar-refractivity contribution is 9.10. The van der Waals surface area contributed by atoms with Gasteiger partial charge in [0.05, 0.1) is 9.82 Å². The quantitative estimate of drug-likeness (QED) is 0.527. The topological polar surface area (TPSA) is 115 Å². The number of nitrogens with one attached hydrogen (secondary N) is 1. The molecule has 1 saturated carbocycles. The molecule has 0 heterocycles. The molecule has 0 amide bonds. The molecule has 0 radical (unpaired) electrons. The van der Waals surface area contributed by atoms with Gasteiger partial charge in [-0.05, 0) is 36.6 Å². The first-order chi connectivity index (χ1) is 12.2. The summed E-state index contributed by atoms with van der Waals surface area (Å²) in [5, 5.41) is 19.4. The lowest BCUT2D eigenvalue weighted by Crippen LogP contribution is -2.40. The van der Waals surface area contributed by atoms with Crippen LogP contribution >= 0.6 is 15.9 Å². The van der Waals surface area contributed by atoms with Gasteiger partial charge in [0.1, 0.15) is 0 Å². The summed E-state index contributed by atoms with van der Waals surface area (Å²) < 4.78 is 24.2. The van der Waals surface area contributed by atoms with Crippen LogP contribution in [-0.2, 0) is 15.4 Å². The van der Waals surface area contributed by atoms with Crippen LogP contribution in [-0.4, -0.2) is 19.9 Å². The maximum atomic E-state index is 11.6. The van der Waals surface area contributed by atoms with Gasteiger partial charge in [0, 0.05) is 34.3 Å². The van der Waals surface area contributed by atoms with Gasteiger partial charge in [0.2, 0.25) is 10.0 Å². The number of non-ortho nitro benzene ring substituents is 1. The van der Waals surface area contributed by atoms with Crippen molar-refractivity contribution in [1.29, 1.82) is 0 Å². The van der Waals surface area contributed by atoms with E-state index in [4.69, 9.17) is 5.14 Å². The molecule has 0 atom stereocenters. The van der Waals surface area contributed by atoms with E-state index in [0.29, 0.717) is 12.2 Å². The van der Waals surface area contributed by atoms with Gasteiger partial charge in [0.15, 0.2) is 0 Å². The predicted molar refractivity (Wildman–Crippen MR) is 103 cm³/mol. The number of nitrogens with zero attached hydrogens (tertiary/aromatic N) is 1. The second-order valence-electron chi connectivity index (χ2n) is 6.51. The fraction of sp³-hybridized carbons (Fsp3) is 0.294. The third kappa shape index (κ3) is 3.89. The SMILES string of the molecule is NS(=O)(=O)c1cc(NCC2(c3ccc(Br)cc3)CCC2)cc([N+](=O)[O-])c1. The van der Waals surface area contributed by atoms with Gasteiger partial charge >= 0.3 is 0 Å². The molecule has 0 aromatic heterocycles.